The average molecular weight is 339 g/mol. The highest BCUT2D eigenvalue weighted by molar-refractivity contribution is 5.97. The first kappa shape index (κ1) is 17.9. The molecular weight excluding hydrogens is 310 g/mol. The van der Waals surface area contributed by atoms with E-state index in [0.29, 0.717) is 17.0 Å². The van der Waals surface area contributed by atoms with Crippen LogP contribution >= 0.6 is 0 Å². The molecule has 1 heterocycles. The molecule has 0 bridgehead atoms. The number of Topliss-reactive ketones (excluding diaryl/α,β-unsaturated/α-hetero) is 1. The fraction of sp³-hybridized carbons (Fsp3) is 0.545. The summed E-state index contributed by atoms with van der Waals surface area (Å²) in [5.41, 5.74) is 2.41. The number of benzene rings is 1. The van der Waals surface area contributed by atoms with Crippen LogP contribution in [0, 0.1) is 0 Å². The van der Waals surface area contributed by atoms with Gasteiger partial charge >= 0.3 is 0 Å². The summed E-state index contributed by atoms with van der Waals surface area (Å²) < 4.78 is 2.14. The second-order valence-corrected chi connectivity index (χ2v) is 7.44. The lowest BCUT2D eigenvalue weighted by molar-refractivity contribution is 0.101. The third kappa shape index (κ3) is 4.20. The first-order chi connectivity index (χ1) is 12.1. The molecule has 3 nitrogen and oxygen atoms in total. The third-order valence-electron chi connectivity index (χ3n) is 5.24. The van der Waals surface area contributed by atoms with Crippen molar-refractivity contribution in [2.45, 2.75) is 77.7 Å². The van der Waals surface area contributed by atoms with Gasteiger partial charge in [0, 0.05) is 17.6 Å². The van der Waals surface area contributed by atoms with Crippen LogP contribution in [0.15, 0.2) is 29.2 Å². The van der Waals surface area contributed by atoms with E-state index in [0.717, 1.165) is 24.8 Å². The number of unbranched alkanes of at least 4 members (excludes halogenated alkanes) is 5. The van der Waals surface area contributed by atoms with Gasteiger partial charge < -0.3 is 4.57 Å². The Morgan fingerprint density at radius 3 is 2.52 bits per heavy atom. The zero-order valence-corrected chi connectivity index (χ0v) is 15.5. The minimum absolute atomic E-state index is 0.107. The molecule has 0 saturated heterocycles. The molecule has 0 spiro atoms. The Labute approximate surface area is 150 Å². The summed E-state index contributed by atoms with van der Waals surface area (Å²) in [7, 11) is 0. The predicted molar refractivity (Wildman–Crippen MR) is 104 cm³/mol. The Morgan fingerprint density at radius 2 is 1.84 bits per heavy atom. The second-order valence-electron chi connectivity index (χ2n) is 7.44. The summed E-state index contributed by atoms with van der Waals surface area (Å²) >= 11 is 0. The van der Waals surface area contributed by atoms with Gasteiger partial charge in [0.25, 0.3) is 0 Å². The topological polar surface area (TPSA) is 39.1 Å². The number of aromatic nitrogens is 1. The minimum atomic E-state index is -0.136. The van der Waals surface area contributed by atoms with Crippen LogP contribution in [-0.2, 0) is 6.42 Å². The summed E-state index contributed by atoms with van der Waals surface area (Å²) in [6.45, 7) is 3.72. The van der Waals surface area contributed by atoms with Crippen molar-refractivity contribution in [1.29, 1.82) is 0 Å². The number of pyridine rings is 1. The Hall–Kier alpha value is -1.90. The molecule has 1 saturated carbocycles. The zero-order valence-electron chi connectivity index (χ0n) is 15.5. The number of hydrogen-bond donors (Lipinski definition) is 0. The Balaban J connectivity index is 1.82. The maximum absolute atomic E-state index is 12.7. The van der Waals surface area contributed by atoms with E-state index in [1.165, 1.54) is 51.0 Å². The van der Waals surface area contributed by atoms with Gasteiger partial charge in [-0.2, -0.15) is 0 Å². The highest BCUT2D eigenvalue weighted by Crippen LogP contribution is 2.37. The standard InChI is InChI=1S/C22H29NO2/c1-3-4-5-6-7-8-9-17-10-13-21-19(14-17)22(25)20(16(2)24)15-23(21)18-11-12-18/h10,13-15,18H,3-9,11-12H2,1-2H3. The van der Waals surface area contributed by atoms with E-state index in [2.05, 4.69) is 23.6 Å². The Morgan fingerprint density at radius 1 is 1.12 bits per heavy atom. The number of aryl methyl sites for hydroxylation is 1. The van der Waals surface area contributed by atoms with Crippen LogP contribution in [0.1, 0.15) is 87.2 Å². The van der Waals surface area contributed by atoms with E-state index in [4.69, 9.17) is 0 Å². The minimum Gasteiger partial charge on any atom is -0.343 e. The first-order valence-corrected chi connectivity index (χ1v) is 9.80. The number of fused-ring (bicyclic) bond motifs is 1. The quantitative estimate of drug-likeness (QED) is 0.450. The molecule has 134 valence electrons. The van der Waals surface area contributed by atoms with Crippen LogP contribution in [0.3, 0.4) is 0 Å². The molecule has 0 atom stereocenters. The van der Waals surface area contributed by atoms with Gasteiger partial charge in [-0.3, -0.25) is 9.59 Å². The van der Waals surface area contributed by atoms with Gasteiger partial charge in [0.2, 0.25) is 0 Å². The molecule has 1 aliphatic carbocycles. The van der Waals surface area contributed by atoms with E-state index >= 15 is 0 Å². The van der Waals surface area contributed by atoms with E-state index in [-0.39, 0.29) is 11.2 Å². The third-order valence-corrected chi connectivity index (χ3v) is 5.24. The van der Waals surface area contributed by atoms with Crippen molar-refractivity contribution >= 4 is 16.7 Å². The van der Waals surface area contributed by atoms with Gasteiger partial charge in [0.15, 0.2) is 11.2 Å². The van der Waals surface area contributed by atoms with E-state index in [1.807, 2.05) is 6.07 Å². The fourth-order valence-corrected chi connectivity index (χ4v) is 3.57. The molecular formula is C22H29NO2. The van der Waals surface area contributed by atoms with E-state index < -0.39 is 0 Å². The Bertz CT molecular complexity index is 815. The van der Waals surface area contributed by atoms with Gasteiger partial charge in [-0.25, -0.2) is 0 Å². The summed E-state index contributed by atoms with van der Waals surface area (Å²) in [5, 5.41) is 0.711. The lowest BCUT2D eigenvalue weighted by atomic mass is 10.0. The monoisotopic (exact) mass is 339 g/mol. The molecule has 3 heteroatoms. The molecule has 2 aromatic rings. The van der Waals surface area contributed by atoms with Crippen molar-refractivity contribution in [2.24, 2.45) is 0 Å². The maximum Gasteiger partial charge on any atom is 0.200 e. The molecule has 1 aromatic carbocycles. The summed E-state index contributed by atoms with van der Waals surface area (Å²) in [6.07, 6.45) is 12.7. The van der Waals surface area contributed by atoms with Crippen LogP contribution < -0.4 is 5.43 Å². The van der Waals surface area contributed by atoms with Crippen molar-refractivity contribution in [3.63, 3.8) is 0 Å². The summed E-state index contributed by atoms with van der Waals surface area (Å²) in [4.78, 5) is 24.6. The second kappa shape index (κ2) is 7.99. The molecule has 1 fully saturated rings. The molecule has 3 rings (SSSR count). The van der Waals surface area contributed by atoms with Crippen molar-refractivity contribution in [3.8, 4) is 0 Å². The van der Waals surface area contributed by atoms with Gasteiger partial charge in [0.1, 0.15) is 0 Å². The average Bonchev–Trinajstić information content (AvgIpc) is 3.43. The van der Waals surface area contributed by atoms with Crippen LogP contribution in [0.2, 0.25) is 0 Å². The van der Waals surface area contributed by atoms with E-state index in [9.17, 15) is 9.59 Å². The number of carbonyl (C=O) groups excluding carboxylic acids is 1. The van der Waals surface area contributed by atoms with Crippen molar-refractivity contribution < 1.29 is 4.79 Å². The number of hydrogen-bond acceptors (Lipinski definition) is 2. The smallest absolute Gasteiger partial charge is 0.200 e. The van der Waals surface area contributed by atoms with Crippen molar-refractivity contribution in [1.82, 2.24) is 4.57 Å². The number of nitrogens with zero attached hydrogens (tertiary/aromatic N) is 1. The normalized spacial score (nSPS) is 14.2. The van der Waals surface area contributed by atoms with Gasteiger partial charge in [-0.05, 0) is 50.3 Å². The molecule has 0 aliphatic heterocycles. The summed E-state index contributed by atoms with van der Waals surface area (Å²) in [5.74, 6) is -0.136. The zero-order chi connectivity index (χ0) is 17.8. The number of ketones is 1. The van der Waals surface area contributed by atoms with E-state index in [1.54, 1.807) is 6.20 Å². The lowest BCUT2D eigenvalue weighted by Crippen LogP contribution is -2.17. The Kier molecular flexibility index (Phi) is 5.72. The van der Waals surface area contributed by atoms with Gasteiger partial charge in [-0.1, -0.05) is 45.1 Å². The number of rotatable bonds is 9. The predicted octanol–water partition coefficient (Wildman–Crippen LogP) is 5.44. The van der Waals surface area contributed by atoms with Gasteiger partial charge in [0.05, 0.1) is 11.1 Å². The molecule has 0 N–H and O–H groups in total. The van der Waals surface area contributed by atoms with Crippen molar-refractivity contribution in [3.05, 3.63) is 45.7 Å². The summed E-state index contributed by atoms with van der Waals surface area (Å²) in [6, 6.07) is 6.70. The van der Waals surface area contributed by atoms with Crippen LogP contribution in [0.4, 0.5) is 0 Å². The maximum atomic E-state index is 12.7. The lowest BCUT2D eigenvalue weighted by Gasteiger charge is -2.13. The highest BCUT2D eigenvalue weighted by atomic mass is 16.1. The van der Waals surface area contributed by atoms with Crippen LogP contribution in [0.25, 0.3) is 10.9 Å². The van der Waals surface area contributed by atoms with Crippen molar-refractivity contribution in [2.75, 3.05) is 0 Å². The van der Waals surface area contributed by atoms with Crippen LogP contribution in [0.5, 0.6) is 0 Å². The molecule has 25 heavy (non-hydrogen) atoms. The molecule has 0 amide bonds. The molecule has 1 aliphatic rings. The number of carbonyl (C=O) groups is 1. The molecule has 1 aromatic heterocycles. The SMILES string of the molecule is CCCCCCCCc1ccc2c(c1)c(=O)c(C(C)=O)cn2C1CC1. The highest BCUT2D eigenvalue weighted by Gasteiger charge is 2.26. The fourth-order valence-electron chi connectivity index (χ4n) is 3.57. The molecule has 0 radical (unpaired) electrons. The first-order valence-electron chi connectivity index (χ1n) is 9.80. The van der Waals surface area contributed by atoms with Gasteiger partial charge in [-0.15, -0.1) is 0 Å². The van der Waals surface area contributed by atoms with Crippen LogP contribution in [-0.4, -0.2) is 10.4 Å². The largest absolute Gasteiger partial charge is 0.343 e. The molecule has 0 unspecified atom stereocenters.